The van der Waals surface area contributed by atoms with Crippen molar-refractivity contribution in [3.8, 4) is 0 Å². The van der Waals surface area contributed by atoms with Crippen LogP contribution in [-0.4, -0.2) is 6.17 Å². The van der Waals surface area contributed by atoms with E-state index in [-0.39, 0.29) is 0 Å². The summed E-state index contributed by atoms with van der Waals surface area (Å²) in [6, 6.07) is 0. The maximum atomic E-state index is 13.3. The van der Waals surface area contributed by atoms with Gasteiger partial charge in [0, 0.05) is 0 Å². The first-order chi connectivity index (χ1) is 6.89. The Morgan fingerprint density at radius 2 is 0.786 bits per heavy atom. The molecular formula is C13H25F. The maximum absolute atomic E-state index is 13.3. The fraction of sp³-hybridized carbons (Fsp3) is 1.00. The highest BCUT2D eigenvalue weighted by molar-refractivity contribution is 4.59. The Kier molecular flexibility index (Phi) is 7.08. The third kappa shape index (κ3) is 6.39. The van der Waals surface area contributed by atoms with Crippen LogP contribution in [0, 0.1) is 0 Å². The molecule has 0 atom stereocenters. The highest BCUT2D eigenvalue weighted by atomic mass is 19.1. The highest BCUT2D eigenvalue weighted by Gasteiger charge is 2.06. The molecule has 0 spiro atoms. The predicted octanol–water partition coefficient (Wildman–Crippen LogP) is 5.02. The first-order valence-corrected chi connectivity index (χ1v) is 6.53. The second kappa shape index (κ2) is 8.26. The van der Waals surface area contributed by atoms with Crippen LogP contribution in [0.4, 0.5) is 4.39 Å². The summed E-state index contributed by atoms with van der Waals surface area (Å²) >= 11 is 0. The second-order valence-electron chi connectivity index (χ2n) is 4.71. The van der Waals surface area contributed by atoms with Gasteiger partial charge >= 0.3 is 0 Å². The Bertz CT molecular complexity index is 108. The lowest BCUT2D eigenvalue weighted by Crippen LogP contribution is -1.99. The fourth-order valence-electron chi connectivity index (χ4n) is 2.29. The van der Waals surface area contributed by atoms with Crippen LogP contribution in [0.3, 0.4) is 0 Å². The van der Waals surface area contributed by atoms with E-state index in [9.17, 15) is 4.39 Å². The lowest BCUT2D eigenvalue weighted by Gasteiger charge is -2.06. The van der Waals surface area contributed by atoms with Crippen molar-refractivity contribution in [3.63, 3.8) is 0 Å². The molecule has 0 aromatic rings. The van der Waals surface area contributed by atoms with E-state index in [1.165, 1.54) is 51.4 Å². The summed E-state index contributed by atoms with van der Waals surface area (Å²) < 4.78 is 13.3. The van der Waals surface area contributed by atoms with Gasteiger partial charge in [-0.2, -0.15) is 0 Å². The molecule has 1 aliphatic carbocycles. The third-order valence-corrected chi connectivity index (χ3v) is 3.28. The standard InChI is InChI=1S/C13H25F/c14-13-11-9-7-5-3-1-2-4-6-8-10-12-13/h13H,1-12H2. The van der Waals surface area contributed by atoms with Gasteiger partial charge in [-0.25, -0.2) is 4.39 Å². The predicted molar refractivity (Wildman–Crippen MR) is 60.3 cm³/mol. The van der Waals surface area contributed by atoms with Gasteiger partial charge in [0.05, 0.1) is 0 Å². The largest absolute Gasteiger partial charge is 0.247 e. The molecule has 1 saturated carbocycles. The molecule has 0 radical (unpaired) electrons. The summed E-state index contributed by atoms with van der Waals surface area (Å²) in [6.07, 6.45) is 14.1. The second-order valence-corrected chi connectivity index (χ2v) is 4.71. The van der Waals surface area contributed by atoms with Crippen molar-refractivity contribution >= 4 is 0 Å². The number of halogens is 1. The SMILES string of the molecule is FC1CCCCCCCCCCCC1. The maximum Gasteiger partial charge on any atom is 0.100 e. The smallest absolute Gasteiger partial charge is 0.100 e. The molecule has 0 heterocycles. The lowest BCUT2D eigenvalue weighted by atomic mass is 10.1. The molecule has 1 fully saturated rings. The third-order valence-electron chi connectivity index (χ3n) is 3.28. The molecule has 0 unspecified atom stereocenters. The number of rotatable bonds is 0. The zero-order chi connectivity index (χ0) is 10.1. The molecule has 14 heavy (non-hydrogen) atoms. The van der Waals surface area contributed by atoms with Gasteiger partial charge < -0.3 is 0 Å². The topological polar surface area (TPSA) is 0 Å². The first kappa shape index (κ1) is 12.0. The number of alkyl halides is 1. The van der Waals surface area contributed by atoms with Crippen LogP contribution in [-0.2, 0) is 0 Å². The summed E-state index contributed by atoms with van der Waals surface area (Å²) in [7, 11) is 0. The van der Waals surface area contributed by atoms with Crippen molar-refractivity contribution in [2.45, 2.75) is 83.2 Å². The van der Waals surface area contributed by atoms with E-state index in [0.717, 1.165) is 25.7 Å². The molecule has 1 aliphatic rings. The van der Waals surface area contributed by atoms with Crippen LogP contribution < -0.4 is 0 Å². The molecular weight excluding hydrogens is 175 g/mol. The van der Waals surface area contributed by atoms with Gasteiger partial charge in [-0.3, -0.25) is 0 Å². The Labute approximate surface area is 88.3 Å². The summed E-state index contributed by atoms with van der Waals surface area (Å²) in [5.41, 5.74) is 0. The summed E-state index contributed by atoms with van der Waals surface area (Å²) in [4.78, 5) is 0. The quantitative estimate of drug-likeness (QED) is 0.515. The monoisotopic (exact) mass is 200 g/mol. The molecule has 0 N–H and O–H groups in total. The minimum Gasteiger partial charge on any atom is -0.247 e. The zero-order valence-electron chi connectivity index (χ0n) is 9.44. The minimum atomic E-state index is -0.504. The highest BCUT2D eigenvalue weighted by Crippen LogP contribution is 2.18. The van der Waals surface area contributed by atoms with Crippen molar-refractivity contribution in [2.75, 3.05) is 0 Å². The van der Waals surface area contributed by atoms with Crippen molar-refractivity contribution < 1.29 is 4.39 Å². The van der Waals surface area contributed by atoms with Gasteiger partial charge in [0.1, 0.15) is 6.17 Å². The van der Waals surface area contributed by atoms with Crippen molar-refractivity contribution in [1.82, 2.24) is 0 Å². The minimum absolute atomic E-state index is 0.504. The van der Waals surface area contributed by atoms with Crippen molar-refractivity contribution in [2.24, 2.45) is 0 Å². The first-order valence-electron chi connectivity index (χ1n) is 6.53. The van der Waals surface area contributed by atoms with Crippen molar-refractivity contribution in [3.05, 3.63) is 0 Å². The average molecular weight is 200 g/mol. The normalized spacial score (nSPS) is 24.6. The van der Waals surface area contributed by atoms with Gasteiger partial charge in [0.15, 0.2) is 0 Å². The molecule has 0 aliphatic heterocycles. The van der Waals surface area contributed by atoms with Crippen LogP contribution in [0.1, 0.15) is 77.0 Å². The molecule has 0 amide bonds. The summed E-state index contributed by atoms with van der Waals surface area (Å²) in [5.74, 6) is 0. The molecule has 0 aromatic carbocycles. The van der Waals surface area contributed by atoms with E-state index in [0.29, 0.717) is 0 Å². The van der Waals surface area contributed by atoms with Crippen LogP contribution in [0.2, 0.25) is 0 Å². The van der Waals surface area contributed by atoms with E-state index >= 15 is 0 Å². The van der Waals surface area contributed by atoms with E-state index in [4.69, 9.17) is 0 Å². The van der Waals surface area contributed by atoms with E-state index in [1.807, 2.05) is 0 Å². The van der Waals surface area contributed by atoms with Gasteiger partial charge in [-0.05, 0) is 12.8 Å². The molecule has 84 valence electrons. The van der Waals surface area contributed by atoms with E-state index in [2.05, 4.69) is 0 Å². The van der Waals surface area contributed by atoms with Gasteiger partial charge in [0.2, 0.25) is 0 Å². The molecule has 1 heteroatoms. The van der Waals surface area contributed by atoms with Gasteiger partial charge in [0.25, 0.3) is 0 Å². The number of hydrogen-bond acceptors (Lipinski definition) is 0. The average Bonchev–Trinajstić information content (AvgIpc) is 2.20. The van der Waals surface area contributed by atoms with Crippen LogP contribution in [0.15, 0.2) is 0 Å². The van der Waals surface area contributed by atoms with E-state index < -0.39 is 6.17 Å². The Hall–Kier alpha value is -0.0700. The lowest BCUT2D eigenvalue weighted by molar-refractivity contribution is 0.280. The Morgan fingerprint density at radius 1 is 0.500 bits per heavy atom. The van der Waals surface area contributed by atoms with Crippen molar-refractivity contribution in [1.29, 1.82) is 0 Å². The van der Waals surface area contributed by atoms with E-state index in [1.54, 1.807) is 0 Å². The number of hydrogen-bond donors (Lipinski definition) is 0. The van der Waals surface area contributed by atoms with Crippen LogP contribution >= 0.6 is 0 Å². The molecule has 0 nitrogen and oxygen atoms in total. The van der Waals surface area contributed by atoms with Gasteiger partial charge in [-0.1, -0.05) is 64.2 Å². The molecule has 0 saturated heterocycles. The van der Waals surface area contributed by atoms with Crippen LogP contribution in [0.25, 0.3) is 0 Å². The fourth-order valence-corrected chi connectivity index (χ4v) is 2.29. The van der Waals surface area contributed by atoms with Crippen LogP contribution in [0.5, 0.6) is 0 Å². The molecule has 0 bridgehead atoms. The Balaban J connectivity index is 2.12. The van der Waals surface area contributed by atoms with Gasteiger partial charge in [-0.15, -0.1) is 0 Å². The Morgan fingerprint density at radius 3 is 1.14 bits per heavy atom. The zero-order valence-corrected chi connectivity index (χ0v) is 9.44. The summed E-state index contributed by atoms with van der Waals surface area (Å²) in [5, 5.41) is 0. The molecule has 0 aromatic heterocycles. The summed E-state index contributed by atoms with van der Waals surface area (Å²) in [6.45, 7) is 0. The molecule has 1 rings (SSSR count).